The SMILES string of the molecule is CCOC(=O)CC=Cc1c(F)cc(Br)cc1Br. The van der Waals surface area contributed by atoms with Crippen LogP contribution in [0.1, 0.15) is 18.9 Å². The first kappa shape index (κ1) is 14.4. The Morgan fingerprint density at radius 3 is 2.76 bits per heavy atom. The molecule has 0 atom stereocenters. The number of hydrogen-bond donors (Lipinski definition) is 0. The van der Waals surface area contributed by atoms with Crippen molar-refractivity contribution in [2.45, 2.75) is 13.3 Å². The van der Waals surface area contributed by atoms with Gasteiger partial charge in [0.2, 0.25) is 0 Å². The molecule has 92 valence electrons. The van der Waals surface area contributed by atoms with Gasteiger partial charge in [0.15, 0.2) is 0 Å². The first-order chi connectivity index (χ1) is 8.04. The third-order valence-electron chi connectivity index (χ3n) is 1.92. The molecule has 5 heteroatoms. The molecule has 0 fully saturated rings. The van der Waals surface area contributed by atoms with E-state index in [1.165, 1.54) is 6.07 Å². The molecule has 0 heterocycles. The highest BCUT2D eigenvalue weighted by Crippen LogP contribution is 2.26. The highest BCUT2D eigenvalue weighted by Gasteiger charge is 2.05. The van der Waals surface area contributed by atoms with Gasteiger partial charge in [0.25, 0.3) is 0 Å². The maximum Gasteiger partial charge on any atom is 0.309 e. The standard InChI is InChI=1S/C12H11Br2FO2/c1-2-17-12(16)5-3-4-9-10(14)6-8(13)7-11(9)15/h3-4,6-7H,2,5H2,1H3. The van der Waals surface area contributed by atoms with Crippen LogP contribution in [0.25, 0.3) is 6.08 Å². The van der Waals surface area contributed by atoms with E-state index in [1.54, 1.807) is 25.1 Å². The fourth-order valence-corrected chi connectivity index (χ4v) is 2.51. The lowest BCUT2D eigenvalue weighted by molar-refractivity contribution is -0.142. The van der Waals surface area contributed by atoms with Gasteiger partial charge in [0.05, 0.1) is 13.0 Å². The molecule has 2 nitrogen and oxygen atoms in total. The summed E-state index contributed by atoms with van der Waals surface area (Å²) >= 11 is 6.45. The summed E-state index contributed by atoms with van der Waals surface area (Å²) in [6, 6.07) is 3.11. The summed E-state index contributed by atoms with van der Waals surface area (Å²) in [5.41, 5.74) is 0.414. The molecule has 1 aromatic rings. The van der Waals surface area contributed by atoms with Crippen molar-refractivity contribution < 1.29 is 13.9 Å². The van der Waals surface area contributed by atoms with Crippen molar-refractivity contribution in [3.63, 3.8) is 0 Å². The molecule has 0 saturated heterocycles. The van der Waals surface area contributed by atoms with Crippen molar-refractivity contribution in [3.05, 3.63) is 38.5 Å². The van der Waals surface area contributed by atoms with Crippen molar-refractivity contribution in [2.24, 2.45) is 0 Å². The van der Waals surface area contributed by atoms with Gasteiger partial charge < -0.3 is 4.74 Å². The molecule has 0 radical (unpaired) electrons. The Morgan fingerprint density at radius 2 is 2.18 bits per heavy atom. The van der Waals surface area contributed by atoms with Gasteiger partial charge in [0, 0.05) is 14.5 Å². The zero-order valence-corrected chi connectivity index (χ0v) is 12.3. The van der Waals surface area contributed by atoms with E-state index in [-0.39, 0.29) is 18.2 Å². The maximum absolute atomic E-state index is 13.6. The number of carbonyl (C=O) groups excluding carboxylic acids is 1. The summed E-state index contributed by atoms with van der Waals surface area (Å²) in [5.74, 6) is -0.677. The van der Waals surface area contributed by atoms with Crippen molar-refractivity contribution in [3.8, 4) is 0 Å². The zero-order chi connectivity index (χ0) is 12.8. The molecular weight excluding hydrogens is 355 g/mol. The van der Waals surface area contributed by atoms with E-state index in [1.807, 2.05) is 0 Å². The summed E-state index contributed by atoms with van der Waals surface area (Å²) < 4.78 is 19.6. The van der Waals surface area contributed by atoms with Crippen LogP contribution in [-0.4, -0.2) is 12.6 Å². The first-order valence-corrected chi connectivity index (χ1v) is 6.60. The highest BCUT2D eigenvalue weighted by atomic mass is 79.9. The second-order valence-electron chi connectivity index (χ2n) is 3.19. The van der Waals surface area contributed by atoms with Gasteiger partial charge in [-0.25, -0.2) is 4.39 Å². The number of carbonyl (C=O) groups is 1. The molecular formula is C12H11Br2FO2. The predicted octanol–water partition coefficient (Wildman–Crippen LogP) is 4.32. The summed E-state index contributed by atoms with van der Waals surface area (Å²) in [6.45, 7) is 2.09. The van der Waals surface area contributed by atoms with E-state index in [9.17, 15) is 9.18 Å². The van der Waals surface area contributed by atoms with Crippen LogP contribution in [0.4, 0.5) is 4.39 Å². The molecule has 1 aromatic carbocycles. The molecule has 0 aliphatic carbocycles. The van der Waals surface area contributed by atoms with Crippen LogP contribution in [-0.2, 0) is 9.53 Å². The zero-order valence-electron chi connectivity index (χ0n) is 9.17. The van der Waals surface area contributed by atoms with Crippen molar-refractivity contribution in [1.82, 2.24) is 0 Å². The lowest BCUT2D eigenvalue weighted by Crippen LogP contribution is -2.01. The monoisotopic (exact) mass is 364 g/mol. The van der Waals surface area contributed by atoms with Gasteiger partial charge in [-0.1, -0.05) is 44.0 Å². The van der Waals surface area contributed by atoms with Crippen molar-refractivity contribution in [1.29, 1.82) is 0 Å². The predicted molar refractivity (Wildman–Crippen MR) is 72.1 cm³/mol. The minimum Gasteiger partial charge on any atom is -0.466 e. The smallest absolute Gasteiger partial charge is 0.309 e. The third-order valence-corrected chi connectivity index (χ3v) is 3.03. The first-order valence-electron chi connectivity index (χ1n) is 5.01. The highest BCUT2D eigenvalue weighted by molar-refractivity contribution is 9.11. The van der Waals surface area contributed by atoms with Crippen LogP contribution < -0.4 is 0 Å². The molecule has 0 bridgehead atoms. The van der Waals surface area contributed by atoms with E-state index in [2.05, 4.69) is 31.9 Å². The summed E-state index contributed by atoms with van der Waals surface area (Å²) in [6.07, 6.45) is 3.27. The van der Waals surface area contributed by atoms with Gasteiger partial charge in [-0.05, 0) is 19.1 Å². The second kappa shape index (κ2) is 6.91. The van der Waals surface area contributed by atoms with Crippen LogP contribution >= 0.6 is 31.9 Å². The minimum absolute atomic E-state index is 0.135. The van der Waals surface area contributed by atoms with Crippen LogP contribution in [0.3, 0.4) is 0 Å². The fraction of sp³-hybridized carbons (Fsp3) is 0.250. The van der Waals surface area contributed by atoms with E-state index in [0.717, 1.165) is 0 Å². The van der Waals surface area contributed by atoms with E-state index in [4.69, 9.17) is 4.74 Å². The molecule has 0 spiro atoms. The Hall–Kier alpha value is -0.680. The number of hydrogen-bond acceptors (Lipinski definition) is 2. The number of benzene rings is 1. The second-order valence-corrected chi connectivity index (χ2v) is 4.96. The number of esters is 1. The lowest BCUT2D eigenvalue weighted by Gasteiger charge is -2.02. The van der Waals surface area contributed by atoms with Crippen LogP contribution in [0.2, 0.25) is 0 Å². The largest absolute Gasteiger partial charge is 0.466 e. The Labute approximate surface area is 116 Å². The average molecular weight is 366 g/mol. The summed E-state index contributed by atoms with van der Waals surface area (Å²) in [4.78, 5) is 11.1. The molecule has 0 unspecified atom stereocenters. The lowest BCUT2D eigenvalue weighted by atomic mass is 10.2. The Morgan fingerprint density at radius 1 is 1.47 bits per heavy atom. The van der Waals surface area contributed by atoms with Crippen LogP contribution in [0, 0.1) is 5.82 Å². The quantitative estimate of drug-likeness (QED) is 0.743. The molecule has 1 rings (SSSR count). The van der Waals surface area contributed by atoms with Crippen molar-refractivity contribution in [2.75, 3.05) is 6.61 Å². The molecule has 0 aromatic heterocycles. The van der Waals surface area contributed by atoms with E-state index < -0.39 is 0 Å². The molecule has 0 saturated carbocycles. The van der Waals surface area contributed by atoms with Crippen LogP contribution in [0.15, 0.2) is 27.2 Å². The van der Waals surface area contributed by atoms with E-state index in [0.29, 0.717) is 21.1 Å². The summed E-state index contributed by atoms with van der Waals surface area (Å²) in [5, 5.41) is 0. The number of ether oxygens (including phenoxy) is 1. The van der Waals surface area contributed by atoms with Crippen molar-refractivity contribution >= 4 is 43.9 Å². The van der Waals surface area contributed by atoms with Gasteiger partial charge in [-0.3, -0.25) is 4.79 Å². The normalized spacial score (nSPS) is 10.8. The van der Waals surface area contributed by atoms with Crippen LogP contribution in [0.5, 0.6) is 0 Å². The molecule has 0 amide bonds. The topological polar surface area (TPSA) is 26.3 Å². The fourth-order valence-electron chi connectivity index (χ4n) is 1.21. The van der Waals surface area contributed by atoms with E-state index >= 15 is 0 Å². The summed E-state index contributed by atoms with van der Waals surface area (Å²) in [7, 11) is 0. The van der Waals surface area contributed by atoms with Gasteiger partial charge in [-0.15, -0.1) is 0 Å². The van der Waals surface area contributed by atoms with Gasteiger partial charge >= 0.3 is 5.97 Å². The molecule has 0 aliphatic heterocycles. The molecule has 0 N–H and O–H groups in total. The Bertz CT molecular complexity index is 421. The molecule has 17 heavy (non-hydrogen) atoms. The van der Waals surface area contributed by atoms with Gasteiger partial charge in [-0.2, -0.15) is 0 Å². The number of rotatable bonds is 4. The third kappa shape index (κ3) is 4.60. The Balaban J connectivity index is 2.75. The number of halogens is 3. The minimum atomic E-state index is -0.355. The maximum atomic E-state index is 13.6. The molecule has 0 aliphatic rings. The van der Waals surface area contributed by atoms with Gasteiger partial charge in [0.1, 0.15) is 5.82 Å². The average Bonchev–Trinajstić information content (AvgIpc) is 2.22. The Kier molecular flexibility index (Phi) is 5.85.